The summed E-state index contributed by atoms with van der Waals surface area (Å²) in [5.74, 6) is 0.159. The molecule has 134 valence electrons. The van der Waals surface area contributed by atoms with Gasteiger partial charge in [0.1, 0.15) is 0 Å². The van der Waals surface area contributed by atoms with E-state index in [-0.39, 0.29) is 18.4 Å². The third kappa shape index (κ3) is 3.75. The minimum absolute atomic E-state index is 0.0906. The summed E-state index contributed by atoms with van der Waals surface area (Å²) in [5.41, 5.74) is 0.157. The van der Waals surface area contributed by atoms with Crippen LogP contribution < -0.4 is 5.32 Å². The van der Waals surface area contributed by atoms with Crippen LogP contribution in [0.4, 0.5) is 5.69 Å². The number of rotatable bonds is 7. The van der Waals surface area contributed by atoms with Crippen LogP contribution in [0.5, 0.6) is 0 Å². The number of anilines is 1. The van der Waals surface area contributed by atoms with Crippen LogP contribution >= 0.6 is 11.8 Å². The van der Waals surface area contributed by atoms with Gasteiger partial charge < -0.3 is 10.4 Å². The highest BCUT2D eigenvalue weighted by Crippen LogP contribution is 2.48. The number of carbonyl (C=O) groups is 2. The fourth-order valence-corrected chi connectivity index (χ4v) is 4.85. The highest BCUT2D eigenvalue weighted by Gasteiger charge is 2.54. The predicted molar refractivity (Wildman–Crippen MR) is 99.8 cm³/mol. The van der Waals surface area contributed by atoms with Crippen molar-refractivity contribution in [3.63, 3.8) is 0 Å². The summed E-state index contributed by atoms with van der Waals surface area (Å²) in [5, 5.41) is 12.6. The number of para-hydroxylation sites is 1. The summed E-state index contributed by atoms with van der Waals surface area (Å²) >= 11 is 1.62. The van der Waals surface area contributed by atoms with E-state index in [9.17, 15) is 14.7 Å². The minimum Gasteiger partial charge on any atom is -0.481 e. The van der Waals surface area contributed by atoms with Crippen LogP contribution in [0.1, 0.15) is 19.3 Å². The number of hydrogen-bond acceptors (Lipinski definition) is 4. The Morgan fingerprint density at radius 3 is 2.96 bits per heavy atom. The molecule has 1 saturated carbocycles. The first-order valence-corrected chi connectivity index (χ1v) is 9.62. The Morgan fingerprint density at radius 2 is 2.24 bits per heavy atom. The molecule has 0 spiro atoms. The summed E-state index contributed by atoms with van der Waals surface area (Å²) in [4.78, 5) is 27.2. The van der Waals surface area contributed by atoms with Crippen LogP contribution in [0, 0.1) is 11.3 Å². The molecule has 0 aromatic heterocycles. The Kier molecular flexibility index (Phi) is 5.49. The van der Waals surface area contributed by atoms with E-state index in [0.717, 1.165) is 35.6 Å². The van der Waals surface area contributed by atoms with Gasteiger partial charge in [-0.3, -0.25) is 14.5 Å². The Hall–Kier alpha value is -1.79. The molecule has 1 heterocycles. The van der Waals surface area contributed by atoms with Gasteiger partial charge in [-0.15, -0.1) is 18.3 Å². The van der Waals surface area contributed by atoms with E-state index in [4.69, 9.17) is 0 Å². The monoisotopic (exact) mass is 360 g/mol. The van der Waals surface area contributed by atoms with Crippen molar-refractivity contribution in [2.45, 2.75) is 24.2 Å². The van der Waals surface area contributed by atoms with E-state index in [1.165, 1.54) is 0 Å². The van der Waals surface area contributed by atoms with Gasteiger partial charge in [0, 0.05) is 23.7 Å². The molecule has 0 unspecified atom stereocenters. The van der Waals surface area contributed by atoms with Gasteiger partial charge >= 0.3 is 5.97 Å². The van der Waals surface area contributed by atoms with Crippen molar-refractivity contribution >= 4 is 29.3 Å². The normalized spacial score (nSPS) is 25.5. The van der Waals surface area contributed by atoms with E-state index in [0.29, 0.717) is 13.1 Å². The van der Waals surface area contributed by atoms with Crippen LogP contribution in [-0.4, -0.2) is 47.3 Å². The number of carboxylic acid groups (broad SMARTS) is 1. The highest BCUT2D eigenvalue weighted by molar-refractivity contribution is 7.99. The minimum atomic E-state index is -0.705. The summed E-state index contributed by atoms with van der Waals surface area (Å²) in [6.07, 6.45) is 4.49. The number of fused-ring (bicyclic) bond motifs is 1. The fourth-order valence-electron chi connectivity index (χ4n) is 4.10. The van der Waals surface area contributed by atoms with E-state index >= 15 is 0 Å². The van der Waals surface area contributed by atoms with Gasteiger partial charge in [0.05, 0.1) is 17.6 Å². The third-order valence-corrected chi connectivity index (χ3v) is 6.32. The molecule has 1 aliphatic carbocycles. The second-order valence-corrected chi connectivity index (χ2v) is 7.93. The molecule has 1 aromatic carbocycles. The number of nitrogens with zero attached hydrogens (tertiary/aromatic N) is 1. The maximum Gasteiger partial charge on any atom is 0.311 e. The molecule has 25 heavy (non-hydrogen) atoms. The number of likely N-dealkylation sites (tertiary alicyclic amines) is 1. The number of carboxylic acids is 1. The van der Waals surface area contributed by atoms with Gasteiger partial charge in [-0.25, -0.2) is 0 Å². The zero-order chi connectivity index (χ0) is 17.9. The number of benzene rings is 1. The molecule has 2 fully saturated rings. The maximum atomic E-state index is 12.5. The molecule has 0 bridgehead atoms. The molecule has 5 nitrogen and oxygen atoms in total. The molecule has 6 heteroatoms. The lowest BCUT2D eigenvalue weighted by Gasteiger charge is -2.23. The average Bonchev–Trinajstić information content (AvgIpc) is 3.12. The van der Waals surface area contributed by atoms with Gasteiger partial charge in [-0.05, 0) is 30.9 Å². The first kappa shape index (κ1) is 18.0. The largest absolute Gasteiger partial charge is 0.481 e. The van der Waals surface area contributed by atoms with Crippen LogP contribution in [0.3, 0.4) is 0 Å². The van der Waals surface area contributed by atoms with Gasteiger partial charge in [0.2, 0.25) is 5.91 Å². The van der Waals surface area contributed by atoms with E-state index in [2.05, 4.69) is 11.9 Å². The lowest BCUT2D eigenvalue weighted by Crippen LogP contribution is -2.37. The first-order valence-electron chi connectivity index (χ1n) is 8.63. The SMILES string of the molecule is C=CCSc1ccccc1NC(=O)CN1C[C@@H]2CCC[C@@]2(C(=O)O)C1. The van der Waals surface area contributed by atoms with Crippen molar-refractivity contribution in [2.75, 3.05) is 30.7 Å². The van der Waals surface area contributed by atoms with E-state index < -0.39 is 11.4 Å². The second-order valence-electron chi connectivity index (χ2n) is 6.86. The molecule has 0 radical (unpaired) electrons. The van der Waals surface area contributed by atoms with Crippen LogP contribution in [0.2, 0.25) is 0 Å². The van der Waals surface area contributed by atoms with Crippen molar-refractivity contribution in [3.8, 4) is 0 Å². The number of amides is 1. The molecule has 2 atom stereocenters. The molecular formula is C19H24N2O3S. The van der Waals surface area contributed by atoms with Crippen molar-refractivity contribution in [1.29, 1.82) is 0 Å². The van der Waals surface area contributed by atoms with Crippen molar-refractivity contribution in [3.05, 3.63) is 36.9 Å². The number of hydrogen-bond donors (Lipinski definition) is 2. The molecule has 2 aliphatic rings. The van der Waals surface area contributed by atoms with Crippen molar-refractivity contribution < 1.29 is 14.7 Å². The van der Waals surface area contributed by atoms with Gasteiger partial charge in [-0.2, -0.15) is 0 Å². The average molecular weight is 360 g/mol. The molecular weight excluding hydrogens is 336 g/mol. The number of nitrogens with one attached hydrogen (secondary N) is 1. The Labute approximate surface area is 152 Å². The van der Waals surface area contributed by atoms with E-state index in [1.54, 1.807) is 11.8 Å². The smallest absolute Gasteiger partial charge is 0.311 e. The number of carbonyl (C=O) groups excluding carboxylic acids is 1. The lowest BCUT2D eigenvalue weighted by molar-refractivity contribution is -0.149. The van der Waals surface area contributed by atoms with E-state index in [1.807, 2.05) is 35.2 Å². The third-order valence-electron chi connectivity index (χ3n) is 5.25. The number of aliphatic carboxylic acids is 1. The highest BCUT2D eigenvalue weighted by atomic mass is 32.2. The molecule has 1 amide bonds. The Balaban J connectivity index is 1.61. The standard InChI is InChI=1S/C19H24N2O3S/c1-2-10-25-16-8-4-3-7-15(16)20-17(22)12-21-11-14-6-5-9-19(14,13-21)18(23)24/h2-4,7-8,14H,1,5-6,9-13H2,(H,20,22)(H,23,24)/t14-,19+/m0/s1. The van der Waals surface area contributed by atoms with Gasteiger partial charge in [0.15, 0.2) is 0 Å². The Bertz CT molecular complexity index is 678. The predicted octanol–water partition coefficient (Wildman–Crippen LogP) is 3.09. The zero-order valence-electron chi connectivity index (χ0n) is 14.2. The summed E-state index contributed by atoms with van der Waals surface area (Å²) < 4.78 is 0. The summed E-state index contributed by atoms with van der Waals surface area (Å²) in [6, 6.07) is 7.71. The quantitative estimate of drug-likeness (QED) is 0.578. The topological polar surface area (TPSA) is 69.6 Å². The first-order chi connectivity index (χ1) is 12.0. The van der Waals surface area contributed by atoms with Gasteiger partial charge in [-0.1, -0.05) is 24.6 Å². The molecule has 3 rings (SSSR count). The lowest BCUT2D eigenvalue weighted by atomic mass is 9.81. The van der Waals surface area contributed by atoms with Crippen LogP contribution in [0.25, 0.3) is 0 Å². The Morgan fingerprint density at radius 1 is 1.44 bits per heavy atom. The summed E-state index contributed by atoms with van der Waals surface area (Å²) in [6.45, 7) is 5.14. The van der Waals surface area contributed by atoms with Gasteiger partial charge in [0.25, 0.3) is 0 Å². The summed E-state index contributed by atoms with van der Waals surface area (Å²) in [7, 11) is 0. The van der Waals surface area contributed by atoms with Crippen molar-refractivity contribution in [2.24, 2.45) is 11.3 Å². The molecule has 1 aromatic rings. The number of thioether (sulfide) groups is 1. The zero-order valence-corrected chi connectivity index (χ0v) is 15.1. The molecule has 1 saturated heterocycles. The second kappa shape index (κ2) is 7.62. The van der Waals surface area contributed by atoms with Crippen LogP contribution in [-0.2, 0) is 9.59 Å². The van der Waals surface area contributed by atoms with Crippen molar-refractivity contribution in [1.82, 2.24) is 4.90 Å². The van der Waals surface area contributed by atoms with Crippen LogP contribution in [0.15, 0.2) is 41.8 Å². The fraction of sp³-hybridized carbons (Fsp3) is 0.474. The molecule has 2 N–H and O–H groups in total. The maximum absolute atomic E-state index is 12.5. The molecule has 1 aliphatic heterocycles.